The molecule has 40 heavy (non-hydrogen) atoms. The van der Waals surface area contributed by atoms with Gasteiger partial charge in [-0.15, -0.1) is 0 Å². The van der Waals surface area contributed by atoms with Gasteiger partial charge < -0.3 is 30.6 Å². The summed E-state index contributed by atoms with van der Waals surface area (Å²) in [6.45, 7) is 8.14. The highest BCUT2D eigenvalue weighted by Gasteiger charge is 2.30. The van der Waals surface area contributed by atoms with Crippen LogP contribution in [0.25, 0.3) is 0 Å². The zero-order valence-electron chi connectivity index (χ0n) is 23.7. The Kier molecular flexibility index (Phi) is 13.5. The van der Waals surface area contributed by atoms with E-state index in [9.17, 15) is 24.3 Å². The van der Waals surface area contributed by atoms with Crippen LogP contribution >= 0.6 is 0 Å². The highest BCUT2D eigenvalue weighted by molar-refractivity contribution is 5.95. The average molecular weight is 559 g/mol. The summed E-state index contributed by atoms with van der Waals surface area (Å²) in [4.78, 5) is 55.0. The summed E-state index contributed by atoms with van der Waals surface area (Å²) in [7, 11) is 0. The Balaban J connectivity index is 2.33. The van der Waals surface area contributed by atoms with Gasteiger partial charge in [0.2, 0.25) is 11.8 Å². The van der Waals surface area contributed by atoms with Crippen LogP contribution in [-0.2, 0) is 25.5 Å². The largest absolute Gasteiger partial charge is 0.460 e. The van der Waals surface area contributed by atoms with E-state index >= 15 is 0 Å². The van der Waals surface area contributed by atoms with Gasteiger partial charge in [0.1, 0.15) is 24.2 Å². The molecule has 1 aliphatic heterocycles. The molecule has 0 aliphatic carbocycles. The number of oxazole rings is 1. The third-order valence-corrected chi connectivity index (χ3v) is 6.32. The van der Waals surface area contributed by atoms with Crippen LogP contribution in [0.3, 0.4) is 0 Å². The first kappa shape index (κ1) is 32.6. The number of amides is 2. The molecule has 11 heteroatoms. The van der Waals surface area contributed by atoms with Crippen LogP contribution in [-0.4, -0.2) is 65.0 Å². The van der Waals surface area contributed by atoms with E-state index in [0.717, 1.165) is 11.8 Å². The van der Waals surface area contributed by atoms with E-state index in [2.05, 4.69) is 15.6 Å². The number of nitrogens with one attached hydrogen (secondary N) is 2. The van der Waals surface area contributed by atoms with Crippen LogP contribution in [0, 0.1) is 11.8 Å². The minimum Gasteiger partial charge on any atom is -0.460 e. The number of ketones is 1. The predicted octanol–water partition coefficient (Wildman–Crippen LogP) is 2.16. The van der Waals surface area contributed by atoms with Crippen molar-refractivity contribution in [3.05, 3.63) is 53.8 Å². The number of esters is 1. The third-order valence-electron chi connectivity index (χ3n) is 6.32. The normalized spacial score (nSPS) is 25.1. The maximum absolute atomic E-state index is 13.2. The molecule has 4 atom stereocenters. The smallest absolute Gasteiger partial charge is 0.328 e. The fourth-order valence-corrected chi connectivity index (χ4v) is 4.24. The fraction of sp³-hybridized carbons (Fsp3) is 0.552. The number of rotatable bonds is 5. The number of ether oxygens (including phenoxy) is 1. The predicted molar refractivity (Wildman–Crippen MR) is 149 cm³/mol. The zero-order valence-corrected chi connectivity index (χ0v) is 23.7. The van der Waals surface area contributed by atoms with Crippen LogP contribution in [0.1, 0.15) is 69.8 Å². The number of cyclic esters (lactones) is 1. The Bertz CT molecular complexity index is 1110. The van der Waals surface area contributed by atoms with E-state index in [1.54, 1.807) is 25.2 Å². The van der Waals surface area contributed by atoms with Gasteiger partial charge in [-0.25, -0.2) is 9.78 Å². The minimum absolute atomic E-state index is 0.0276. The molecule has 0 saturated carbocycles. The number of nitrogens with two attached hydrogens (primary N) is 1. The second-order valence-corrected chi connectivity index (χ2v) is 10.3. The molecule has 2 bridgehead atoms. The molecule has 1 aromatic rings. The fourth-order valence-electron chi connectivity index (χ4n) is 4.24. The molecule has 0 fully saturated rings. The number of allylic oxidation sites excluding steroid dienone is 2. The lowest BCUT2D eigenvalue weighted by Crippen LogP contribution is -2.44. The average Bonchev–Trinajstić information content (AvgIpc) is 3.35. The van der Waals surface area contributed by atoms with Crippen LogP contribution in [0.2, 0.25) is 0 Å². The van der Waals surface area contributed by atoms with Crippen LogP contribution in [0.5, 0.6) is 0 Å². The number of fused-ring (bicyclic) bond motifs is 2. The highest BCUT2D eigenvalue weighted by atomic mass is 16.5. The van der Waals surface area contributed by atoms with Crippen LogP contribution < -0.4 is 16.4 Å². The van der Waals surface area contributed by atoms with Crippen molar-refractivity contribution in [3.8, 4) is 0 Å². The molecule has 11 nitrogen and oxygen atoms in total. The van der Waals surface area contributed by atoms with Gasteiger partial charge in [0.05, 0.1) is 12.5 Å². The highest BCUT2D eigenvalue weighted by Crippen LogP contribution is 2.20. The molecular weight excluding hydrogens is 516 g/mol. The second-order valence-electron chi connectivity index (χ2n) is 10.3. The molecule has 0 aromatic carbocycles. The van der Waals surface area contributed by atoms with Crippen molar-refractivity contribution >= 4 is 23.6 Å². The summed E-state index contributed by atoms with van der Waals surface area (Å²) in [5, 5.41) is 15.7. The first-order valence-electron chi connectivity index (χ1n) is 13.7. The molecule has 2 heterocycles. The topological polar surface area (TPSA) is 174 Å². The molecular formula is C29H42N4O7. The number of hydrogen-bond donors (Lipinski definition) is 4. The number of aromatic nitrogens is 1. The van der Waals surface area contributed by atoms with Crippen LogP contribution in [0.4, 0.5) is 0 Å². The van der Waals surface area contributed by atoms with E-state index in [1.807, 2.05) is 20.8 Å². The summed E-state index contributed by atoms with van der Waals surface area (Å²) in [6.07, 6.45) is 8.82. The maximum Gasteiger partial charge on any atom is 0.328 e. The van der Waals surface area contributed by atoms with Gasteiger partial charge in [-0.3, -0.25) is 14.4 Å². The summed E-state index contributed by atoms with van der Waals surface area (Å²) in [5.74, 6) is -2.21. The van der Waals surface area contributed by atoms with Crippen molar-refractivity contribution < 1.29 is 33.4 Å². The van der Waals surface area contributed by atoms with Gasteiger partial charge >= 0.3 is 5.97 Å². The number of aliphatic hydroxyl groups is 1. The van der Waals surface area contributed by atoms with Crippen molar-refractivity contribution in [2.24, 2.45) is 17.6 Å². The van der Waals surface area contributed by atoms with Gasteiger partial charge in [-0.05, 0) is 44.7 Å². The van der Waals surface area contributed by atoms with E-state index in [0.29, 0.717) is 25.8 Å². The summed E-state index contributed by atoms with van der Waals surface area (Å²) < 4.78 is 11.2. The maximum atomic E-state index is 13.2. The van der Waals surface area contributed by atoms with Gasteiger partial charge in [-0.2, -0.15) is 0 Å². The Hall–Kier alpha value is -3.57. The van der Waals surface area contributed by atoms with E-state index < -0.39 is 30.1 Å². The molecule has 5 N–H and O–H groups in total. The van der Waals surface area contributed by atoms with Gasteiger partial charge in [0.25, 0.3) is 5.91 Å². The second kappa shape index (κ2) is 16.5. The van der Waals surface area contributed by atoms with Crippen LogP contribution in [0.15, 0.2) is 46.6 Å². The molecule has 0 radical (unpaired) electrons. The van der Waals surface area contributed by atoms with E-state index in [1.165, 1.54) is 12.2 Å². The molecule has 0 saturated heterocycles. The molecule has 4 unspecified atom stereocenters. The lowest BCUT2D eigenvalue weighted by molar-refractivity contribution is -0.156. The zero-order chi connectivity index (χ0) is 29.7. The molecule has 1 aliphatic rings. The standard InChI is InChI=1S/C29H42N4O7/c1-18(2)27-20(4)10-11-25(36)31-13-7-8-19(3)14-21(34)15-22(35)16-26-32-24(17-39-26)28(37)33-23(29(38)40-27)9-5-6-12-30/h7-8,10-11,14,17-18,20-21,23,27,34H,5-6,9,12-13,15-16,30H2,1-4H3,(H,31,36)(H,33,37)/b8-7?,11-10+,19-14?. The third kappa shape index (κ3) is 11.3. The van der Waals surface area contributed by atoms with E-state index in [-0.39, 0.29) is 54.5 Å². The molecule has 1 aromatic heterocycles. The summed E-state index contributed by atoms with van der Waals surface area (Å²) in [6, 6.07) is -0.958. The van der Waals surface area contributed by atoms with Gasteiger partial charge in [-0.1, -0.05) is 50.6 Å². The molecule has 220 valence electrons. The number of Topliss-reactive ketones (excluding diaryl/α,β-unsaturated/α-hetero) is 1. The molecule has 2 amide bonds. The molecule has 2 rings (SSSR count). The summed E-state index contributed by atoms with van der Waals surface area (Å²) in [5.41, 5.74) is 6.24. The molecule has 0 spiro atoms. The SMILES string of the molecule is CC1=CC(O)CC(=O)Cc2nc(co2)C(=O)NC(CCCCN)C(=O)OC(C(C)C)C(C)/C=C/C(=O)NCC=C1. The van der Waals surface area contributed by atoms with Crippen molar-refractivity contribution in [1.29, 1.82) is 0 Å². The minimum atomic E-state index is -1.02. The number of unbranched alkanes of at least 4 members (excludes halogenated alkanes) is 1. The number of carbonyl (C=O) groups excluding carboxylic acids is 4. The number of carbonyl (C=O) groups is 4. The first-order valence-corrected chi connectivity index (χ1v) is 13.7. The van der Waals surface area contributed by atoms with Gasteiger partial charge in [0.15, 0.2) is 5.69 Å². The Labute approximate surface area is 235 Å². The van der Waals surface area contributed by atoms with Crippen molar-refractivity contribution in [3.63, 3.8) is 0 Å². The lowest BCUT2D eigenvalue weighted by atomic mass is 9.94. The lowest BCUT2D eigenvalue weighted by Gasteiger charge is -2.28. The van der Waals surface area contributed by atoms with Gasteiger partial charge in [0, 0.05) is 18.9 Å². The summed E-state index contributed by atoms with van der Waals surface area (Å²) >= 11 is 0. The van der Waals surface area contributed by atoms with Crippen molar-refractivity contribution in [2.75, 3.05) is 13.1 Å². The Morgan fingerprint density at radius 3 is 2.62 bits per heavy atom. The van der Waals surface area contributed by atoms with Crippen molar-refractivity contribution in [2.45, 2.75) is 78.0 Å². The number of nitrogens with zero attached hydrogens (tertiary/aromatic N) is 1. The number of hydrogen-bond acceptors (Lipinski definition) is 9. The first-order chi connectivity index (χ1) is 19.0. The monoisotopic (exact) mass is 558 g/mol. The quantitative estimate of drug-likeness (QED) is 0.312. The van der Waals surface area contributed by atoms with E-state index in [4.69, 9.17) is 14.9 Å². The number of aliphatic hydroxyl groups excluding tert-OH is 1. The Morgan fingerprint density at radius 1 is 1.18 bits per heavy atom. The Morgan fingerprint density at radius 2 is 1.93 bits per heavy atom. The van der Waals surface area contributed by atoms with Crippen molar-refractivity contribution in [1.82, 2.24) is 15.6 Å².